The molecule has 0 rings (SSSR count). The zero-order valence-corrected chi connectivity index (χ0v) is 7.35. The molecule has 7 heteroatoms. The molecule has 3 nitrogen and oxygen atoms in total. The summed E-state index contributed by atoms with van der Waals surface area (Å²) < 4.78 is 46.0. The molecular weight excluding hydrogens is 200 g/mol. The minimum absolute atomic E-state index is 0.352. The van der Waals surface area contributed by atoms with Crippen molar-refractivity contribution in [1.29, 1.82) is 0 Å². The van der Waals surface area contributed by atoms with E-state index < -0.39 is 21.6 Å². The second-order valence-corrected chi connectivity index (χ2v) is 4.54. The molecule has 0 bridgehead atoms. The van der Waals surface area contributed by atoms with Gasteiger partial charge in [0.05, 0.1) is 0 Å². The average molecular weight is 208 g/mol. The van der Waals surface area contributed by atoms with Crippen LogP contribution in [-0.4, -0.2) is 20.9 Å². The standard InChI is InChI=1S/C4H8ClF2NO2S/c1-4(6,7)2-3-8-11(5,9)10/h8H,2-3H2,1H3. The van der Waals surface area contributed by atoms with E-state index in [1.807, 2.05) is 0 Å². The second-order valence-electron chi connectivity index (χ2n) is 2.15. The van der Waals surface area contributed by atoms with Gasteiger partial charge in [0.1, 0.15) is 0 Å². The maximum absolute atomic E-state index is 12.0. The highest BCUT2D eigenvalue weighted by Crippen LogP contribution is 2.15. The minimum Gasteiger partial charge on any atom is -0.207 e. The summed E-state index contributed by atoms with van der Waals surface area (Å²) in [6.07, 6.45) is -0.557. The zero-order chi connectivity index (χ0) is 9.12. The molecular formula is C4H8ClF2NO2S. The van der Waals surface area contributed by atoms with Crippen LogP contribution in [0.5, 0.6) is 0 Å². The van der Waals surface area contributed by atoms with Gasteiger partial charge in [-0.25, -0.2) is 13.5 Å². The van der Waals surface area contributed by atoms with E-state index in [1.165, 1.54) is 0 Å². The summed E-state index contributed by atoms with van der Waals surface area (Å²) in [5.74, 6) is -2.87. The maximum atomic E-state index is 12.0. The third kappa shape index (κ3) is 10.1. The minimum atomic E-state index is -3.86. The Balaban J connectivity index is 3.61. The first-order valence-electron chi connectivity index (χ1n) is 2.78. The van der Waals surface area contributed by atoms with E-state index in [2.05, 4.69) is 10.7 Å². The first-order chi connectivity index (χ1) is 4.71. The van der Waals surface area contributed by atoms with Gasteiger partial charge in [0, 0.05) is 23.6 Å². The predicted octanol–water partition coefficient (Wildman–Crippen LogP) is 1.10. The van der Waals surface area contributed by atoms with Crippen molar-refractivity contribution in [2.24, 2.45) is 0 Å². The molecule has 0 spiro atoms. The predicted molar refractivity (Wildman–Crippen MR) is 38.0 cm³/mol. The van der Waals surface area contributed by atoms with Crippen molar-refractivity contribution in [3.63, 3.8) is 0 Å². The number of hydrogen-bond acceptors (Lipinski definition) is 2. The summed E-state index contributed by atoms with van der Waals surface area (Å²) in [7, 11) is 0.821. The Hall–Kier alpha value is 0.0600. The van der Waals surface area contributed by atoms with Gasteiger partial charge in [-0.3, -0.25) is 0 Å². The number of hydrogen-bond donors (Lipinski definition) is 1. The van der Waals surface area contributed by atoms with Gasteiger partial charge in [-0.2, -0.15) is 8.42 Å². The van der Waals surface area contributed by atoms with Crippen molar-refractivity contribution in [3.05, 3.63) is 0 Å². The van der Waals surface area contributed by atoms with Gasteiger partial charge in [0.25, 0.3) is 9.24 Å². The number of halogens is 3. The summed E-state index contributed by atoms with van der Waals surface area (Å²) in [4.78, 5) is 0. The molecule has 0 atom stereocenters. The van der Waals surface area contributed by atoms with Crippen LogP contribution >= 0.6 is 10.7 Å². The van der Waals surface area contributed by atoms with E-state index in [0.717, 1.165) is 0 Å². The lowest BCUT2D eigenvalue weighted by molar-refractivity contribution is 0.0148. The highest BCUT2D eigenvalue weighted by molar-refractivity contribution is 8.12. The van der Waals surface area contributed by atoms with Crippen LogP contribution in [0.25, 0.3) is 0 Å². The Morgan fingerprint density at radius 2 is 2.00 bits per heavy atom. The van der Waals surface area contributed by atoms with Crippen LogP contribution < -0.4 is 4.72 Å². The molecule has 0 unspecified atom stereocenters. The van der Waals surface area contributed by atoms with Gasteiger partial charge in [0.15, 0.2) is 0 Å². The monoisotopic (exact) mass is 207 g/mol. The van der Waals surface area contributed by atoms with Crippen LogP contribution in [0.1, 0.15) is 13.3 Å². The smallest absolute Gasteiger partial charge is 0.207 e. The van der Waals surface area contributed by atoms with Crippen molar-refractivity contribution in [2.75, 3.05) is 6.54 Å². The third-order valence-corrected chi connectivity index (χ3v) is 1.71. The highest BCUT2D eigenvalue weighted by Gasteiger charge is 2.20. The first-order valence-corrected chi connectivity index (χ1v) is 5.09. The first kappa shape index (κ1) is 11.1. The topological polar surface area (TPSA) is 46.2 Å². The van der Waals surface area contributed by atoms with Crippen LogP contribution in [0.2, 0.25) is 0 Å². The van der Waals surface area contributed by atoms with Crippen molar-refractivity contribution in [2.45, 2.75) is 19.3 Å². The molecule has 0 radical (unpaired) electrons. The molecule has 0 heterocycles. The Labute approximate surface area is 68.3 Å². The molecule has 0 aromatic carbocycles. The SMILES string of the molecule is CC(F)(F)CCNS(=O)(=O)Cl. The summed E-state index contributed by atoms with van der Waals surface area (Å²) in [6, 6.07) is 0. The number of nitrogens with one attached hydrogen (secondary N) is 1. The maximum Gasteiger partial charge on any atom is 0.297 e. The van der Waals surface area contributed by atoms with E-state index in [-0.39, 0.29) is 6.54 Å². The molecule has 11 heavy (non-hydrogen) atoms. The van der Waals surface area contributed by atoms with Crippen molar-refractivity contribution in [3.8, 4) is 0 Å². The summed E-state index contributed by atoms with van der Waals surface area (Å²) in [5.41, 5.74) is 0. The molecule has 0 aromatic rings. The molecule has 0 aliphatic carbocycles. The summed E-state index contributed by atoms with van der Waals surface area (Å²) in [6.45, 7) is 0.352. The van der Waals surface area contributed by atoms with E-state index in [1.54, 1.807) is 4.72 Å². The molecule has 0 aliphatic rings. The van der Waals surface area contributed by atoms with Gasteiger partial charge < -0.3 is 0 Å². The van der Waals surface area contributed by atoms with Gasteiger partial charge in [-0.1, -0.05) is 0 Å². The van der Waals surface area contributed by atoms with E-state index in [0.29, 0.717) is 6.92 Å². The fraction of sp³-hybridized carbons (Fsp3) is 1.00. The summed E-state index contributed by atoms with van der Waals surface area (Å²) in [5, 5.41) is 0. The van der Waals surface area contributed by atoms with Gasteiger partial charge in [0.2, 0.25) is 5.92 Å². The zero-order valence-electron chi connectivity index (χ0n) is 5.77. The molecule has 0 fully saturated rings. The van der Waals surface area contributed by atoms with Crippen LogP contribution in [0, 0.1) is 0 Å². The molecule has 0 amide bonds. The normalized spacial score (nSPS) is 13.5. The summed E-state index contributed by atoms with van der Waals surface area (Å²) >= 11 is 0. The fourth-order valence-corrected chi connectivity index (χ4v) is 0.970. The Morgan fingerprint density at radius 3 is 2.27 bits per heavy atom. The van der Waals surface area contributed by atoms with Crippen LogP contribution in [0.4, 0.5) is 8.78 Å². The van der Waals surface area contributed by atoms with E-state index >= 15 is 0 Å². The Morgan fingerprint density at radius 1 is 1.55 bits per heavy atom. The van der Waals surface area contributed by atoms with Gasteiger partial charge in [-0.15, -0.1) is 0 Å². The molecule has 0 saturated carbocycles. The Kier molecular flexibility index (Phi) is 3.66. The second kappa shape index (κ2) is 3.64. The van der Waals surface area contributed by atoms with E-state index in [9.17, 15) is 17.2 Å². The number of rotatable bonds is 4. The molecule has 0 aromatic heterocycles. The van der Waals surface area contributed by atoms with Crippen LogP contribution in [0.15, 0.2) is 0 Å². The third-order valence-electron chi connectivity index (χ3n) is 0.838. The van der Waals surface area contributed by atoms with Crippen LogP contribution in [-0.2, 0) is 9.24 Å². The molecule has 0 saturated heterocycles. The largest absolute Gasteiger partial charge is 0.297 e. The lowest BCUT2D eigenvalue weighted by Crippen LogP contribution is -2.24. The van der Waals surface area contributed by atoms with Crippen LogP contribution in [0.3, 0.4) is 0 Å². The lowest BCUT2D eigenvalue weighted by atomic mass is 10.3. The van der Waals surface area contributed by atoms with Crippen molar-refractivity contribution >= 4 is 19.9 Å². The van der Waals surface area contributed by atoms with Gasteiger partial charge in [-0.05, 0) is 6.92 Å². The van der Waals surface area contributed by atoms with Gasteiger partial charge >= 0.3 is 0 Å². The van der Waals surface area contributed by atoms with Crippen molar-refractivity contribution < 1.29 is 17.2 Å². The average Bonchev–Trinajstić information content (AvgIpc) is 1.55. The molecule has 1 N–H and O–H groups in total. The fourth-order valence-electron chi connectivity index (χ4n) is 0.392. The van der Waals surface area contributed by atoms with E-state index in [4.69, 9.17) is 0 Å². The molecule has 0 aliphatic heterocycles. The number of alkyl halides is 2. The quantitative estimate of drug-likeness (QED) is 0.702. The lowest BCUT2D eigenvalue weighted by Gasteiger charge is -2.08. The van der Waals surface area contributed by atoms with Crippen molar-refractivity contribution in [1.82, 2.24) is 4.72 Å². The molecule has 68 valence electrons. The highest BCUT2D eigenvalue weighted by atomic mass is 35.7. The Bertz CT molecular complexity index is 211.